The van der Waals surface area contributed by atoms with E-state index in [0.717, 1.165) is 24.8 Å². The Balaban J connectivity index is 0.00000162. The van der Waals surface area contributed by atoms with Gasteiger partial charge in [0.1, 0.15) is 0 Å². The van der Waals surface area contributed by atoms with E-state index in [1.165, 1.54) is 5.56 Å². The van der Waals surface area contributed by atoms with Gasteiger partial charge in [0.05, 0.1) is 11.6 Å². The second-order valence-corrected chi connectivity index (χ2v) is 5.06. The molecule has 2 rings (SSSR count). The van der Waals surface area contributed by atoms with Crippen LogP contribution in [0.4, 0.5) is 0 Å². The van der Waals surface area contributed by atoms with E-state index >= 15 is 0 Å². The third-order valence-electron chi connectivity index (χ3n) is 3.70. The van der Waals surface area contributed by atoms with E-state index in [2.05, 4.69) is 18.3 Å². The van der Waals surface area contributed by atoms with Crippen LogP contribution in [0.3, 0.4) is 0 Å². The Labute approximate surface area is 115 Å². The van der Waals surface area contributed by atoms with E-state index in [4.69, 9.17) is 5.73 Å². The van der Waals surface area contributed by atoms with Crippen molar-refractivity contribution >= 4 is 18.3 Å². The minimum atomic E-state index is -0.614. The average molecular weight is 269 g/mol. The van der Waals surface area contributed by atoms with E-state index in [9.17, 15) is 4.79 Å². The first-order chi connectivity index (χ1) is 8.03. The molecule has 1 aromatic carbocycles. The minimum Gasteiger partial charge on any atom is -0.348 e. The predicted molar refractivity (Wildman–Crippen MR) is 75.8 cm³/mol. The van der Waals surface area contributed by atoms with Gasteiger partial charge in [-0.15, -0.1) is 12.4 Å². The Bertz CT molecular complexity index is 430. The van der Waals surface area contributed by atoms with Crippen LogP contribution >= 0.6 is 12.4 Å². The van der Waals surface area contributed by atoms with Crippen LogP contribution in [0.5, 0.6) is 0 Å². The normalized spacial score (nSPS) is 18.2. The number of halogens is 1. The Morgan fingerprint density at radius 2 is 2.00 bits per heavy atom. The maximum atomic E-state index is 12.0. The van der Waals surface area contributed by atoms with Crippen LogP contribution in [-0.2, 0) is 4.79 Å². The highest BCUT2D eigenvalue weighted by atomic mass is 35.5. The largest absolute Gasteiger partial charge is 0.348 e. The second-order valence-electron chi connectivity index (χ2n) is 5.06. The zero-order valence-electron chi connectivity index (χ0n) is 10.9. The number of nitrogens with one attached hydrogen (secondary N) is 1. The number of carbonyl (C=O) groups excluding carboxylic acids is 1. The van der Waals surface area contributed by atoms with Crippen LogP contribution in [0.2, 0.25) is 0 Å². The highest BCUT2D eigenvalue weighted by molar-refractivity contribution is 5.87. The second kappa shape index (κ2) is 5.72. The number of benzene rings is 1. The average Bonchev–Trinajstić information content (AvgIpc) is 2.26. The Morgan fingerprint density at radius 3 is 2.50 bits per heavy atom. The quantitative estimate of drug-likeness (QED) is 0.885. The molecular formula is C14H21ClN2O. The van der Waals surface area contributed by atoms with Gasteiger partial charge in [0.25, 0.3) is 0 Å². The molecule has 0 bridgehead atoms. The number of carbonyl (C=O) groups is 1. The molecular weight excluding hydrogens is 248 g/mol. The first-order valence-electron chi connectivity index (χ1n) is 6.18. The Kier molecular flexibility index (Phi) is 4.77. The van der Waals surface area contributed by atoms with Gasteiger partial charge in [0.2, 0.25) is 5.91 Å². The molecule has 1 aliphatic rings. The summed E-state index contributed by atoms with van der Waals surface area (Å²) in [5, 5.41) is 3.02. The van der Waals surface area contributed by atoms with E-state index in [1.807, 2.05) is 25.1 Å². The summed E-state index contributed by atoms with van der Waals surface area (Å²) in [5.74, 6) is -0.0143. The molecule has 3 nitrogen and oxygen atoms in total. The van der Waals surface area contributed by atoms with Gasteiger partial charge in [-0.1, -0.05) is 24.3 Å². The first-order valence-corrected chi connectivity index (χ1v) is 6.18. The molecule has 18 heavy (non-hydrogen) atoms. The molecule has 1 aromatic rings. The van der Waals surface area contributed by atoms with Gasteiger partial charge >= 0.3 is 0 Å². The monoisotopic (exact) mass is 268 g/mol. The summed E-state index contributed by atoms with van der Waals surface area (Å²) in [6.07, 6.45) is 2.67. The van der Waals surface area contributed by atoms with Crippen LogP contribution in [0, 0.1) is 6.92 Å². The molecule has 100 valence electrons. The summed E-state index contributed by atoms with van der Waals surface area (Å²) >= 11 is 0. The van der Waals surface area contributed by atoms with Crippen molar-refractivity contribution in [1.82, 2.24) is 5.32 Å². The molecule has 0 heterocycles. The molecule has 0 radical (unpaired) electrons. The van der Waals surface area contributed by atoms with Crippen LogP contribution in [-0.4, -0.2) is 11.4 Å². The van der Waals surface area contributed by atoms with Crippen molar-refractivity contribution in [2.75, 3.05) is 0 Å². The van der Waals surface area contributed by atoms with Crippen molar-refractivity contribution in [3.8, 4) is 0 Å². The molecule has 1 amide bonds. The van der Waals surface area contributed by atoms with Gasteiger partial charge in [-0.2, -0.15) is 0 Å². The van der Waals surface area contributed by atoms with Crippen LogP contribution in [0.25, 0.3) is 0 Å². The molecule has 1 unspecified atom stereocenters. The molecule has 0 spiro atoms. The van der Waals surface area contributed by atoms with Crippen molar-refractivity contribution in [3.05, 3.63) is 35.4 Å². The van der Waals surface area contributed by atoms with Crippen LogP contribution in [0.15, 0.2) is 24.3 Å². The number of rotatable bonds is 3. The maximum absolute atomic E-state index is 12.0. The molecule has 4 heteroatoms. The highest BCUT2D eigenvalue weighted by Gasteiger charge is 2.40. The maximum Gasteiger partial charge on any atom is 0.240 e. The summed E-state index contributed by atoms with van der Waals surface area (Å²) in [6.45, 7) is 4.06. The molecule has 3 N–H and O–H groups in total. The van der Waals surface area contributed by atoms with Crippen molar-refractivity contribution in [2.45, 2.75) is 44.7 Å². The lowest BCUT2D eigenvalue weighted by atomic mass is 9.77. The van der Waals surface area contributed by atoms with Crippen LogP contribution < -0.4 is 11.1 Å². The fourth-order valence-electron chi connectivity index (χ4n) is 2.28. The smallest absolute Gasteiger partial charge is 0.240 e. The zero-order chi connectivity index (χ0) is 12.5. The Morgan fingerprint density at radius 1 is 1.39 bits per heavy atom. The number of aryl methyl sites for hydroxylation is 1. The number of hydrogen-bond acceptors (Lipinski definition) is 2. The van der Waals surface area contributed by atoms with Gasteiger partial charge in [0.15, 0.2) is 0 Å². The van der Waals surface area contributed by atoms with Gasteiger partial charge < -0.3 is 11.1 Å². The number of nitrogens with two attached hydrogens (primary N) is 1. The predicted octanol–water partition coefficient (Wildman–Crippen LogP) is 2.48. The molecule has 0 saturated heterocycles. The molecule has 0 aromatic heterocycles. The third kappa shape index (κ3) is 2.85. The lowest BCUT2D eigenvalue weighted by molar-refractivity contribution is -0.129. The topological polar surface area (TPSA) is 55.1 Å². The summed E-state index contributed by atoms with van der Waals surface area (Å²) in [7, 11) is 0. The van der Waals surface area contributed by atoms with E-state index in [0.29, 0.717) is 0 Å². The minimum absolute atomic E-state index is 0. The van der Waals surface area contributed by atoms with Gasteiger partial charge in [-0.3, -0.25) is 4.79 Å². The van der Waals surface area contributed by atoms with Crippen molar-refractivity contribution in [3.63, 3.8) is 0 Å². The zero-order valence-corrected chi connectivity index (χ0v) is 11.7. The molecule has 1 atom stereocenters. The van der Waals surface area contributed by atoms with Gasteiger partial charge in [-0.25, -0.2) is 0 Å². The lowest BCUT2D eigenvalue weighted by Gasteiger charge is -2.37. The number of hydrogen-bond donors (Lipinski definition) is 2. The SMILES string of the molecule is Cc1ccccc1C(C)NC(=O)C1(N)CCC1.Cl. The van der Waals surface area contributed by atoms with Crippen molar-refractivity contribution < 1.29 is 4.79 Å². The molecule has 1 aliphatic carbocycles. The first kappa shape index (κ1) is 15.0. The number of amides is 1. The fraction of sp³-hybridized carbons (Fsp3) is 0.500. The van der Waals surface area contributed by atoms with Crippen molar-refractivity contribution in [2.24, 2.45) is 5.73 Å². The Hall–Kier alpha value is -1.06. The molecule has 1 saturated carbocycles. The van der Waals surface area contributed by atoms with Gasteiger partial charge in [-0.05, 0) is 44.2 Å². The van der Waals surface area contributed by atoms with Gasteiger partial charge in [0, 0.05) is 0 Å². The summed E-state index contributed by atoms with van der Waals surface area (Å²) in [6, 6.07) is 8.12. The lowest BCUT2D eigenvalue weighted by Crippen LogP contribution is -2.58. The van der Waals surface area contributed by atoms with E-state index in [-0.39, 0.29) is 24.4 Å². The molecule has 1 fully saturated rings. The fourth-order valence-corrected chi connectivity index (χ4v) is 2.28. The van der Waals surface area contributed by atoms with Crippen LogP contribution in [0.1, 0.15) is 43.4 Å². The van der Waals surface area contributed by atoms with E-state index in [1.54, 1.807) is 0 Å². The summed E-state index contributed by atoms with van der Waals surface area (Å²) in [4.78, 5) is 12.0. The third-order valence-corrected chi connectivity index (χ3v) is 3.70. The van der Waals surface area contributed by atoms with Crippen molar-refractivity contribution in [1.29, 1.82) is 0 Å². The highest BCUT2D eigenvalue weighted by Crippen LogP contribution is 2.30. The summed E-state index contributed by atoms with van der Waals surface area (Å²) < 4.78 is 0. The van der Waals surface area contributed by atoms with E-state index < -0.39 is 5.54 Å². The standard InChI is InChI=1S/C14H20N2O.ClH/c1-10-6-3-4-7-12(10)11(2)16-13(17)14(15)8-5-9-14;/h3-4,6-7,11H,5,8-9,15H2,1-2H3,(H,16,17);1H. The molecule has 0 aliphatic heterocycles. The summed E-state index contributed by atoms with van der Waals surface area (Å²) in [5.41, 5.74) is 7.74.